The third kappa shape index (κ3) is 4.64. The fourth-order valence-electron chi connectivity index (χ4n) is 3.77. The van der Waals surface area contributed by atoms with Crippen LogP contribution in [0.25, 0.3) is 0 Å². The largest absolute Gasteiger partial charge is 0.335 e. The summed E-state index contributed by atoms with van der Waals surface area (Å²) in [6.45, 7) is 2.11. The predicted octanol–water partition coefficient (Wildman–Crippen LogP) is 2.29. The number of rotatable bonds is 4. The van der Waals surface area contributed by atoms with Crippen LogP contribution in [0.15, 0.2) is 52.5 Å². The maximum Gasteiger partial charge on any atom is 0.270 e. The zero-order chi connectivity index (χ0) is 23.8. The fourth-order valence-corrected chi connectivity index (χ4v) is 5.20. The highest BCUT2D eigenvalue weighted by Crippen LogP contribution is 2.23. The molecule has 0 N–H and O–H groups in total. The molecule has 0 spiro atoms. The van der Waals surface area contributed by atoms with Gasteiger partial charge in [0.25, 0.3) is 5.91 Å². The average molecular weight is 477 g/mol. The number of carbonyl (C=O) groups excluding carboxylic acids is 2. The Balaban J connectivity index is 1.46. The molecule has 0 bridgehead atoms. The zero-order valence-electron chi connectivity index (χ0n) is 17.9. The average Bonchev–Trinajstić information content (AvgIpc) is 2.80. The van der Waals surface area contributed by atoms with Crippen LogP contribution in [-0.2, 0) is 19.6 Å². The van der Waals surface area contributed by atoms with Gasteiger partial charge in [0.2, 0.25) is 15.9 Å². The normalized spacial score (nSPS) is 17.8. The van der Waals surface area contributed by atoms with Crippen LogP contribution in [0.2, 0.25) is 0 Å². The lowest BCUT2D eigenvalue weighted by molar-refractivity contribution is -0.125. The van der Waals surface area contributed by atoms with Crippen LogP contribution in [0.4, 0.5) is 14.5 Å². The molecule has 0 aliphatic carbocycles. The lowest BCUT2D eigenvalue weighted by Gasteiger charge is -2.35. The van der Waals surface area contributed by atoms with E-state index in [1.807, 2.05) is 13.0 Å². The van der Waals surface area contributed by atoms with Crippen molar-refractivity contribution in [1.82, 2.24) is 9.21 Å². The van der Waals surface area contributed by atoms with E-state index in [0.717, 1.165) is 22.0 Å². The van der Waals surface area contributed by atoms with Crippen molar-refractivity contribution in [2.24, 2.45) is 5.10 Å². The Morgan fingerprint density at radius 2 is 1.70 bits per heavy atom. The highest BCUT2D eigenvalue weighted by molar-refractivity contribution is 7.89. The number of piperazine rings is 1. The molecule has 2 aliphatic heterocycles. The Hall–Kier alpha value is -3.18. The summed E-state index contributed by atoms with van der Waals surface area (Å²) in [5.74, 6) is -2.94. The van der Waals surface area contributed by atoms with Crippen molar-refractivity contribution in [3.63, 3.8) is 0 Å². The smallest absolute Gasteiger partial charge is 0.270 e. The summed E-state index contributed by atoms with van der Waals surface area (Å²) in [6.07, 6.45) is 0.344. The van der Waals surface area contributed by atoms with E-state index in [1.165, 1.54) is 9.91 Å². The van der Waals surface area contributed by atoms with E-state index >= 15 is 0 Å². The number of amides is 2. The van der Waals surface area contributed by atoms with Crippen molar-refractivity contribution in [3.8, 4) is 0 Å². The number of anilines is 1. The van der Waals surface area contributed by atoms with Crippen LogP contribution in [0.1, 0.15) is 18.4 Å². The summed E-state index contributed by atoms with van der Waals surface area (Å²) in [7, 11) is -4.03. The van der Waals surface area contributed by atoms with Crippen molar-refractivity contribution in [2.45, 2.75) is 24.7 Å². The summed E-state index contributed by atoms with van der Waals surface area (Å²) in [4.78, 5) is 26.5. The van der Waals surface area contributed by atoms with Crippen LogP contribution < -0.4 is 5.01 Å². The molecule has 2 amide bonds. The second kappa shape index (κ2) is 8.99. The Bertz CT molecular complexity index is 1240. The molecule has 0 saturated carbocycles. The fraction of sp³-hybridized carbons (Fsp3) is 0.318. The Morgan fingerprint density at radius 1 is 0.970 bits per heavy atom. The highest BCUT2D eigenvalue weighted by Gasteiger charge is 2.33. The molecule has 33 heavy (non-hydrogen) atoms. The quantitative estimate of drug-likeness (QED) is 0.677. The van der Waals surface area contributed by atoms with Crippen molar-refractivity contribution in [1.29, 1.82) is 0 Å². The number of nitrogens with zero attached hydrogens (tertiary/aromatic N) is 4. The van der Waals surface area contributed by atoms with Gasteiger partial charge in [0.05, 0.1) is 10.6 Å². The number of hydrogen-bond acceptors (Lipinski definition) is 5. The van der Waals surface area contributed by atoms with Gasteiger partial charge in [-0.2, -0.15) is 9.41 Å². The van der Waals surface area contributed by atoms with E-state index in [2.05, 4.69) is 5.10 Å². The second-order valence-corrected chi connectivity index (χ2v) is 9.80. The van der Waals surface area contributed by atoms with Gasteiger partial charge in [-0.1, -0.05) is 12.1 Å². The lowest BCUT2D eigenvalue weighted by Crippen LogP contribution is -2.52. The van der Waals surface area contributed by atoms with E-state index in [0.29, 0.717) is 11.8 Å². The van der Waals surface area contributed by atoms with Crippen molar-refractivity contribution in [3.05, 3.63) is 59.7 Å². The molecule has 2 aromatic rings. The standard InChI is InChI=1S/C22H22F2N4O4S/c1-15-3-2-4-16(13-15)28-21(29)8-7-20(25-28)22(30)26-9-11-27(12-10-26)33(31,32)17-5-6-18(23)19(24)14-17/h2-6,13-14H,7-12H2,1H3. The third-order valence-electron chi connectivity index (χ3n) is 5.58. The number of benzene rings is 2. The lowest BCUT2D eigenvalue weighted by atomic mass is 10.1. The highest BCUT2D eigenvalue weighted by atomic mass is 32.2. The van der Waals surface area contributed by atoms with Gasteiger partial charge in [0, 0.05) is 39.0 Å². The molecule has 2 aliphatic rings. The molecule has 0 atom stereocenters. The van der Waals surface area contributed by atoms with E-state index in [-0.39, 0.29) is 61.4 Å². The topological polar surface area (TPSA) is 90.4 Å². The molecule has 1 saturated heterocycles. The number of carbonyl (C=O) groups is 2. The van der Waals surface area contributed by atoms with Crippen molar-refractivity contribution < 1.29 is 26.8 Å². The molecule has 8 nitrogen and oxygen atoms in total. The molecule has 0 aromatic heterocycles. The first-order valence-corrected chi connectivity index (χ1v) is 11.8. The maximum atomic E-state index is 13.5. The van der Waals surface area contributed by atoms with Gasteiger partial charge in [-0.05, 0) is 42.8 Å². The third-order valence-corrected chi connectivity index (χ3v) is 7.48. The Labute approximate surface area is 190 Å². The summed E-state index contributed by atoms with van der Waals surface area (Å²) in [6, 6.07) is 9.66. The molecule has 0 radical (unpaired) electrons. The van der Waals surface area contributed by atoms with E-state index in [9.17, 15) is 26.8 Å². The molecular weight excluding hydrogens is 454 g/mol. The Kier molecular flexibility index (Phi) is 6.26. The SMILES string of the molecule is Cc1cccc(N2N=C(C(=O)N3CCN(S(=O)(=O)c4ccc(F)c(F)c4)CC3)CCC2=O)c1. The van der Waals surface area contributed by atoms with Gasteiger partial charge >= 0.3 is 0 Å². The van der Waals surface area contributed by atoms with E-state index < -0.39 is 21.7 Å². The minimum atomic E-state index is -4.03. The molecule has 0 unspecified atom stereocenters. The second-order valence-electron chi connectivity index (χ2n) is 7.86. The van der Waals surface area contributed by atoms with E-state index in [4.69, 9.17) is 0 Å². The van der Waals surface area contributed by atoms with Crippen molar-refractivity contribution >= 4 is 33.2 Å². The first-order chi connectivity index (χ1) is 15.7. The van der Waals surface area contributed by atoms with Crippen molar-refractivity contribution in [2.75, 3.05) is 31.2 Å². The molecule has 11 heteroatoms. The molecule has 1 fully saturated rings. The van der Waals surface area contributed by atoms with E-state index in [1.54, 1.807) is 18.2 Å². The number of aryl methyl sites for hydroxylation is 1. The Morgan fingerprint density at radius 3 is 2.36 bits per heavy atom. The molecular formula is C22H22F2N4O4S. The van der Waals surface area contributed by atoms with Gasteiger partial charge in [-0.15, -0.1) is 0 Å². The van der Waals surface area contributed by atoms with Gasteiger partial charge in [-0.25, -0.2) is 22.2 Å². The zero-order valence-corrected chi connectivity index (χ0v) is 18.7. The minimum absolute atomic E-state index is 0.000867. The summed E-state index contributed by atoms with van der Waals surface area (Å²) < 4.78 is 53.3. The summed E-state index contributed by atoms with van der Waals surface area (Å²) in [5.41, 5.74) is 1.76. The van der Waals surface area contributed by atoms with Crippen LogP contribution in [-0.4, -0.2) is 61.3 Å². The van der Waals surface area contributed by atoms with Crippen LogP contribution in [0, 0.1) is 18.6 Å². The number of halogens is 2. The summed E-state index contributed by atoms with van der Waals surface area (Å²) in [5, 5.41) is 5.51. The number of sulfonamides is 1. The number of hydrogen-bond donors (Lipinski definition) is 0. The summed E-state index contributed by atoms with van der Waals surface area (Å²) >= 11 is 0. The van der Waals surface area contributed by atoms with Gasteiger partial charge in [0.1, 0.15) is 5.71 Å². The van der Waals surface area contributed by atoms with Gasteiger partial charge < -0.3 is 4.90 Å². The molecule has 174 valence electrons. The van der Waals surface area contributed by atoms with Gasteiger partial charge in [0.15, 0.2) is 11.6 Å². The maximum absolute atomic E-state index is 13.5. The first-order valence-electron chi connectivity index (χ1n) is 10.4. The van der Waals surface area contributed by atoms with Gasteiger partial charge in [-0.3, -0.25) is 9.59 Å². The van der Waals surface area contributed by atoms with Crippen LogP contribution in [0.5, 0.6) is 0 Å². The minimum Gasteiger partial charge on any atom is -0.335 e. The van der Waals surface area contributed by atoms with Crippen LogP contribution >= 0.6 is 0 Å². The molecule has 2 heterocycles. The first kappa shape index (κ1) is 23.0. The number of hydrazone groups is 1. The monoisotopic (exact) mass is 476 g/mol. The molecule has 2 aromatic carbocycles. The molecule has 4 rings (SSSR count). The van der Waals surface area contributed by atoms with Crippen LogP contribution in [0.3, 0.4) is 0 Å². The predicted molar refractivity (Wildman–Crippen MR) is 117 cm³/mol.